The Hall–Kier alpha value is -2.16. The maximum atomic E-state index is 12.8. The summed E-state index contributed by atoms with van der Waals surface area (Å²) in [5.74, 6) is 0.0605. The molecule has 1 aliphatic rings. The fourth-order valence-electron chi connectivity index (χ4n) is 2.80. The van der Waals surface area contributed by atoms with E-state index in [1.165, 1.54) is 11.3 Å². The number of thiazole rings is 1. The van der Waals surface area contributed by atoms with E-state index in [0.717, 1.165) is 55.8 Å². The Balaban J connectivity index is 0.000000970. The van der Waals surface area contributed by atoms with Crippen molar-refractivity contribution in [3.63, 3.8) is 0 Å². The van der Waals surface area contributed by atoms with E-state index in [1.54, 1.807) is 0 Å². The van der Waals surface area contributed by atoms with Crippen LogP contribution >= 0.6 is 11.3 Å². The molecule has 1 aromatic rings. The number of aryl methyl sites for hydroxylation is 1. The van der Waals surface area contributed by atoms with Crippen molar-refractivity contribution >= 4 is 34.8 Å². The highest BCUT2D eigenvalue weighted by molar-refractivity contribution is 7.15. The summed E-state index contributed by atoms with van der Waals surface area (Å²) in [4.78, 5) is 32.8. The van der Waals surface area contributed by atoms with Gasteiger partial charge in [-0.1, -0.05) is 24.7 Å². The first-order valence-electron chi connectivity index (χ1n) is 8.44. The predicted molar refractivity (Wildman–Crippen MR) is 99.1 cm³/mol. The molecular formula is C16H27N5O3S. The van der Waals surface area contributed by atoms with E-state index in [1.807, 2.05) is 11.8 Å². The van der Waals surface area contributed by atoms with Gasteiger partial charge in [-0.2, -0.15) is 4.99 Å². The summed E-state index contributed by atoms with van der Waals surface area (Å²) in [5, 5.41) is 7.45. The molecule has 0 saturated heterocycles. The van der Waals surface area contributed by atoms with Gasteiger partial charge < -0.3 is 21.5 Å². The zero-order chi connectivity index (χ0) is 18.8. The van der Waals surface area contributed by atoms with E-state index in [4.69, 9.17) is 21.4 Å². The lowest BCUT2D eigenvalue weighted by Gasteiger charge is -2.28. The maximum Gasteiger partial charge on any atom is 0.290 e. The third kappa shape index (κ3) is 6.00. The van der Waals surface area contributed by atoms with Gasteiger partial charge >= 0.3 is 0 Å². The number of hydrogen-bond acceptors (Lipinski definition) is 5. The van der Waals surface area contributed by atoms with E-state index < -0.39 is 0 Å². The number of carboxylic acid groups (broad SMARTS) is 1. The first-order chi connectivity index (χ1) is 12.0. The summed E-state index contributed by atoms with van der Waals surface area (Å²) in [6.45, 7) is 5.49. The molecule has 1 aliphatic carbocycles. The second-order valence-corrected chi connectivity index (χ2v) is 6.73. The molecule has 0 aliphatic heterocycles. The van der Waals surface area contributed by atoms with Crippen molar-refractivity contribution < 1.29 is 14.7 Å². The number of nitrogens with two attached hydrogens (primary N) is 2. The fraction of sp³-hybridized carbons (Fsp3) is 0.625. The first kappa shape index (κ1) is 20.9. The standard InChI is InChI=1S/C15H25N5OS.CH2O2/c1-3-5-9-20(4-2)13(21)10-7-6-8-11-12(10)18-15(22-11)19-14(16)17;2-1-3/h10H,3-9H2,1-2H3,(H4,16,17,18,19);1H,(H,2,3). The Morgan fingerprint density at radius 1 is 1.48 bits per heavy atom. The van der Waals surface area contributed by atoms with Gasteiger partial charge in [0.05, 0.1) is 11.6 Å². The minimum absolute atomic E-state index is 0.00658. The third-order valence-corrected chi connectivity index (χ3v) is 4.97. The van der Waals surface area contributed by atoms with Crippen molar-refractivity contribution in [2.75, 3.05) is 13.1 Å². The number of hydrogen-bond donors (Lipinski definition) is 3. The number of rotatable bonds is 6. The molecule has 1 amide bonds. The van der Waals surface area contributed by atoms with Crippen molar-refractivity contribution in [1.82, 2.24) is 9.88 Å². The summed E-state index contributed by atoms with van der Waals surface area (Å²) in [6.07, 6.45) is 4.95. The van der Waals surface area contributed by atoms with E-state index in [9.17, 15) is 4.79 Å². The largest absolute Gasteiger partial charge is 0.483 e. The van der Waals surface area contributed by atoms with Crippen LogP contribution in [0, 0.1) is 0 Å². The lowest BCUT2D eigenvalue weighted by atomic mass is 9.90. The van der Waals surface area contributed by atoms with Crippen LogP contribution in [0.1, 0.15) is 56.0 Å². The van der Waals surface area contributed by atoms with E-state index in [-0.39, 0.29) is 24.3 Å². The van der Waals surface area contributed by atoms with Crippen molar-refractivity contribution in [2.45, 2.75) is 51.9 Å². The molecule has 0 fully saturated rings. The maximum absolute atomic E-state index is 12.8. The van der Waals surface area contributed by atoms with Gasteiger partial charge in [-0.25, -0.2) is 4.98 Å². The number of aliphatic imine (C=N–C) groups is 1. The van der Waals surface area contributed by atoms with Crippen LogP contribution in [0.3, 0.4) is 0 Å². The second kappa shape index (κ2) is 10.7. The number of carbonyl (C=O) groups is 2. The van der Waals surface area contributed by atoms with E-state index >= 15 is 0 Å². The van der Waals surface area contributed by atoms with Crippen molar-refractivity contribution in [3.8, 4) is 0 Å². The van der Waals surface area contributed by atoms with Gasteiger partial charge in [0.25, 0.3) is 6.47 Å². The van der Waals surface area contributed by atoms with Crippen LogP contribution in [0.2, 0.25) is 0 Å². The molecule has 9 heteroatoms. The first-order valence-corrected chi connectivity index (χ1v) is 9.25. The molecule has 140 valence electrons. The van der Waals surface area contributed by atoms with E-state index in [0.29, 0.717) is 5.13 Å². The molecule has 2 rings (SSSR count). The van der Waals surface area contributed by atoms with Gasteiger partial charge in [0.1, 0.15) is 0 Å². The van der Waals surface area contributed by atoms with Crippen molar-refractivity contribution in [2.24, 2.45) is 16.5 Å². The minimum Gasteiger partial charge on any atom is -0.483 e. The van der Waals surface area contributed by atoms with Gasteiger partial charge in [-0.3, -0.25) is 9.59 Å². The molecule has 1 heterocycles. The lowest BCUT2D eigenvalue weighted by Crippen LogP contribution is -2.37. The monoisotopic (exact) mass is 369 g/mol. The highest BCUT2D eigenvalue weighted by atomic mass is 32.1. The highest BCUT2D eigenvalue weighted by Gasteiger charge is 2.32. The van der Waals surface area contributed by atoms with Crippen molar-refractivity contribution in [3.05, 3.63) is 10.6 Å². The Morgan fingerprint density at radius 3 is 2.72 bits per heavy atom. The number of carbonyl (C=O) groups excluding carboxylic acids is 1. The zero-order valence-corrected chi connectivity index (χ0v) is 15.6. The predicted octanol–water partition coefficient (Wildman–Crippen LogP) is 1.82. The third-order valence-electron chi connectivity index (χ3n) is 3.94. The van der Waals surface area contributed by atoms with Crippen LogP contribution in [0.5, 0.6) is 0 Å². The molecule has 1 unspecified atom stereocenters. The molecule has 0 aromatic carbocycles. The summed E-state index contributed by atoms with van der Waals surface area (Å²) >= 11 is 1.49. The van der Waals surface area contributed by atoms with E-state index in [2.05, 4.69) is 16.9 Å². The average molecular weight is 369 g/mol. The fourth-order valence-corrected chi connectivity index (χ4v) is 3.85. The smallest absolute Gasteiger partial charge is 0.290 e. The lowest BCUT2D eigenvalue weighted by molar-refractivity contribution is -0.133. The number of likely N-dealkylation sites (N-methyl/N-ethyl adjacent to an activating group) is 1. The molecule has 8 nitrogen and oxygen atoms in total. The second-order valence-electron chi connectivity index (χ2n) is 5.66. The minimum atomic E-state index is -0.250. The normalized spacial score (nSPS) is 15.4. The van der Waals surface area contributed by atoms with Gasteiger partial charge in [-0.05, 0) is 32.6 Å². The number of fused-ring (bicyclic) bond motifs is 1. The number of aromatic nitrogens is 1. The van der Waals surface area contributed by atoms with Crippen LogP contribution in [-0.4, -0.2) is 46.4 Å². The molecule has 25 heavy (non-hydrogen) atoms. The van der Waals surface area contributed by atoms with Crippen LogP contribution in [0.25, 0.3) is 0 Å². The molecule has 5 N–H and O–H groups in total. The Kier molecular flexibility index (Phi) is 8.90. The quantitative estimate of drug-likeness (QED) is 0.398. The molecule has 1 atom stereocenters. The molecule has 0 bridgehead atoms. The number of amides is 1. The van der Waals surface area contributed by atoms with Crippen LogP contribution < -0.4 is 11.5 Å². The van der Waals surface area contributed by atoms with Crippen molar-refractivity contribution in [1.29, 1.82) is 0 Å². The SMILES string of the molecule is CCCCN(CC)C(=O)C1CCCc2sc(N=C(N)N)nc21.O=CO. The Bertz CT molecular complexity index is 599. The Labute approximate surface area is 151 Å². The summed E-state index contributed by atoms with van der Waals surface area (Å²) < 4.78 is 0. The number of nitrogens with zero attached hydrogens (tertiary/aromatic N) is 3. The van der Waals surface area contributed by atoms with Crippen LogP contribution in [0.15, 0.2) is 4.99 Å². The molecule has 0 saturated carbocycles. The van der Waals surface area contributed by atoms with Crippen LogP contribution in [0.4, 0.5) is 5.13 Å². The zero-order valence-electron chi connectivity index (χ0n) is 14.8. The summed E-state index contributed by atoms with van der Waals surface area (Å²) in [6, 6.07) is 0. The number of guanidine groups is 1. The summed E-state index contributed by atoms with van der Waals surface area (Å²) in [7, 11) is 0. The molecular weight excluding hydrogens is 342 g/mol. The highest BCUT2D eigenvalue weighted by Crippen LogP contribution is 2.38. The number of unbranched alkanes of at least 4 members (excludes halogenated alkanes) is 1. The molecule has 0 radical (unpaired) electrons. The average Bonchev–Trinajstić information content (AvgIpc) is 2.97. The van der Waals surface area contributed by atoms with Gasteiger partial charge in [0.2, 0.25) is 11.0 Å². The van der Waals surface area contributed by atoms with Gasteiger partial charge in [0.15, 0.2) is 5.96 Å². The van der Waals surface area contributed by atoms with Gasteiger partial charge in [0, 0.05) is 18.0 Å². The van der Waals surface area contributed by atoms with Gasteiger partial charge in [-0.15, -0.1) is 0 Å². The topological polar surface area (TPSA) is 135 Å². The van der Waals surface area contributed by atoms with Crippen LogP contribution in [-0.2, 0) is 16.0 Å². The summed E-state index contributed by atoms with van der Waals surface area (Å²) in [5.41, 5.74) is 11.7. The Morgan fingerprint density at radius 2 is 2.16 bits per heavy atom. The molecule has 1 aromatic heterocycles. The molecule has 0 spiro atoms.